The van der Waals surface area contributed by atoms with Gasteiger partial charge in [0.25, 0.3) is 0 Å². The van der Waals surface area contributed by atoms with Crippen molar-refractivity contribution in [2.24, 2.45) is 5.73 Å². The summed E-state index contributed by atoms with van der Waals surface area (Å²) in [6.07, 6.45) is 5.20. The maximum absolute atomic E-state index is 11.8. The molecule has 0 spiro atoms. The van der Waals surface area contributed by atoms with Gasteiger partial charge in [-0.25, -0.2) is 0 Å². The molecule has 1 fully saturated rings. The lowest BCUT2D eigenvalue weighted by Gasteiger charge is -2.37. The van der Waals surface area contributed by atoms with Crippen LogP contribution in [0.25, 0.3) is 0 Å². The number of hydrogen-bond donors (Lipinski definition) is 2. The van der Waals surface area contributed by atoms with E-state index in [0.717, 1.165) is 25.0 Å². The van der Waals surface area contributed by atoms with Gasteiger partial charge in [0.15, 0.2) is 0 Å². The van der Waals surface area contributed by atoms with Gasteiger partial charge < -0.3 is 11.1 Å². The topological polar surface area (TPSA) is 68.0 Å². The molecular formula is C13H19N3O. The van der Waals surface area contributed by atoms with E-state index in [1.807, 2.05) is 25.1 Å². The van der Waals surface area contributed by atoms with Gasteiger partial charge in [0.2, 0.25) is 5.91 Å². The van der Waals surface area contributed by atoms with Crippen LogP contribution in [0.1, 0.15) is 44.3 Å². The minimum atomic E-state index is -0.256. The first-order valence-electron chi connectivity index (χ1n) is 6.08. The molecule has 1 atom stereocenters. The molecular weight excluding hydrogens is 214 g/mol. The molecule has 92 valence electrons. The highest BCUT2D eigenvalue weighted by molar-refractivity contribution is 5.77. The van der Waals surface area contributed by atoms with E-state index < -0.39 is 0 Å². The molecule has 0 aliphatic heterocycles. The Kier molecular flexibility index (Phi) is 3.43. The van der Waals surface area contributed by atoms with Crippen LogP contribution in [0.3, 0.4) is 0 Å². The molecule has 1 amide bonds. The first kappa shape index (κ1) is 12.0. The van der Waals surface area contributed by atoms with E-state index in [1.54, 1.807) is 6.20 Å². The summed E-state index contributed by atoms with van der Waals surface area (Å²) in [5.74, 6) is 0.0188. The lowest BCUT2D eigenvalue weighted by molar-refractivity contribution is -0.123. The zero-order valence-electron chi connectivity index (χ0n) is 10.1. The average Bonchev–Trinajstić information content (AvgIpc) is 2.28. The van der Waals surface area contributed by atoms with Crippen LogP contribution in [-0.4, -0.2) is 16.4 Å². The highest BCUT2D eigenvalue weighted by Crippen LogP contribution is 2.32. The van der Waals surface area contributed by atoms with Gasteiger partial charge in [-0.2, -0.15) is 0 Å². The molecule has 0 unspecified atom stereocenters. The van der Waals surface area contributed by atoms with E-state index in [0.29, 0.717) is 6.42 Å². The Balaban J connectivity index is 1.86. The lowest BCUT2D eigenvalue weighted by Crippen LogP contribution is -2.50. The van der Waals surface area contributed by atoms with E-state index in [1.165, 1.54) is 0 Å². The summed E-state index contributed by atoms with van der Waals surface area (Å²) in [6, 6.07) is 5.63. The fourth-order valence-corrected chi connectivity index (χ4v) is 2.13. The number of nitrogens with zero attached hydrogens (tertiary/aromatic N) is 1. The van der Waals surface area contributed by atoms with Crippen molar-refractivity contribution in [3.05, 3.63) is 30.1 Å². The van der Waals surface area contributed by atoms with Gasteiger partial charge in [-0.05, 0) is 38.3 Å². The van der Waals surface area contributed by atoms with E-state index >= 15 is 0 Å². The summed E-state index contributed by atoms with van der Waals surface area (Å²) in [6.45, 7) is 1.93. The van der Waals surface area contributed by atoms with E-state index in [4.69, 9.17) is 5.73 Å². The Hall–Kier alpha value is -1.42. The molecule has 0 aromatic carbocycles. The highest BCUT2D eigenvalue weighted by atomic mass is 16.1. The quantitative estimate of drug-likeness (QED) is 0.828. The third-order valence-electron chi connectivity index (χ3n) is 3.37. The Morgan fingerprint density at radius 3 is 2.88 bits per heavy atom. The van der Waals surface area contributed by atoms with E-state index in [-0.39, 0.29) is 17.5 Å². The largest absolute Gasteiger partial charge is 0.348 e. The number of carbonyl (C=O) groups is 1. The maximum atomic E-state index is 11.8. The standard InChI is InChI=1S/C13H19N3O/c1-10(11-5-2-3-8-15-11)16-12(17)9-13(14)6-4-7-13/h2-3,5,8,10H,4,6-7,9,14H2,1H3,(H,16,17)/t10-/m0/s1. The number of hydrogen-bond acceptors (Lipinski definition) is 3. The Bertz CT molecular complexity index is 387. The van der Waals surface area contributed by atoms with Gasteiger partial charge in [-0.3, -0.25) is 9.78 Å². The van der Waals surface area contributed by atoms with Crippen molar-refractivity contribution in [2.45, 2.75) is 44.2 Å². The van der Waals surface area contributed by atoms with Crippen LogP contribution in [-0.2, 0) is 4.79 Å². The predicted molar refractivity (Wildman–Crippen MR) is 66.2 cm³/mol. The molecule has 0 radical (unpaired) electrons. The number of aromatic nitrogens is 1. The zero-order valence-corrected chi connectivity index (χ0v) is 10.1. The lowest BCUT2D eigenvalue weighted by atomic mass is 9.75. The highest BCUT2D eigenvalue weighted by Gasteiger charge is 2.34. The molecule has 3 N–H and O–H groups in total. The van der Waals surface area contributed by atoms with Crippen molar-refractivity contribution >= 4 is 5.91 Å². The minimum Gasteiger partial charge on any atom is -0.348 e. The molecule has 2 rings (SSSR count). The second-order valence-electron chi connectivity index (χ2n) is 4.94. The van der Waals surface area contributed by atoms with E-state index in [2.05, 4.69) is 10.3 Å². The summed E-state index contributed by atoms with van der Waals surface area (Å²) >= 11 is 0. The molecule has 17 heavy (non-hydrogen) atoms. The fourth-order valence-electron chi connectivity index (χ4n) is 2.13. The number of pyridine rings is 1. The summed E-state index contributed by atoms with van der Waals surface area (Å²) in [5, 5.41) is 2.94. The van der Waals surface area contributed by atoms with Gasteiger partial charge in [0, 0.05) is 18.2 Å². The van der Waals surface area contributed by atoms with Crippen molar-refractivity contribution in [3.63, 3.8) is 0 Å². The van der Waals surface area contributed by atoms with Crippen LogP contribution in [0, 0.1) is 0 Å². The number of nitrogens with two attached hydrogens (primary N) is 1. The Morgan fingerprint density at radius 1 is 1.59 bits per heavy atom. The Labute approximate surface area is 102 Å². The molecule has 0 bridgehead atoms. The van der Waals surface area contributed by atoms with Crippen LogP contribution < -0.4 is 11.1 Å². The minimum absolute atomic E-state index is 0.0188. The van der Waals surface area contributed by atoms with Crippen LogP contribution >= 0.6 is 0 Å². The number of carbonyl (C=O) groups excluding carboxylic acids is 1. The SMILES string of the molecule is C[C@H](NC(=O)CC1(N)CCC1)c1ccccn1. The van der Waals surface area contributed by atoms with Gasteiger partial charge >= 0.3 is 0 Å². The van der Waals surface area contributed by atoms with E-state index in [9.17, 15) is 4.79 Å². The predicted octanol–water partition coefficient (Wildman–Crippen LogP) is 1.53. The molecule has 0 saturated heterocycles. The van der Waals surface area contributed by atoms with Gasteiger partial charge in [-0.15, -0.1) is 0 Å². The molecule has 1 aliphatic carbocycles. The molecule has 1 aromatic rings. The zero-order chi connectivity index (χ0) is 12.3. The molecule has 1 aromatic heterocycles. The first-order valence-corrected chi connectivity index (χ1v) is 6.08. The summed E-state index contributed by atoms with van der Waals surface area (Å²) in [7, 11) is 0. The third-order valence-corrected chi connectivity index (χ3v) is 3.37. The second-order valence-corrected chi connectivity index (χ2v) is 4.94. The van der Waals surface area contributed by atoms with Crippen molar-refractivity contribution < 1.29 is 4.79 Å². The Morgan fingerprint density at radius 2 is 2.35 bits per heavy atom. The van der Waals surface area contributed by atoms with Gasteiger partial charge in [0.1, 0.15) is 0 Å². The van der Waals surface area contributed by atoms with Crippen LogP contribution in [0.4, 0.5) is 0 Å². The van der Waals surface area contributed by atoms with Crippen molar-refractivity contribution in [1.82, 2.24) is 10.3 Å². The smallest absolute Gasteiger partial charge is 0.222 e. The monoisotopic (exact) mass is 233 g/mol. The number of nitrogens with one attached hydrogen (secondary N) is 1. The van der Waals surface area contributed by atoms with Crippen LogP contribution in [0.2, 0.25) is 0 Å². The summed E-state index contributed by atoms with van der Waals surface area (Å²) in [5.41, 5.74) is 6.66. The molecule has 1 heterocycles. The van der Waals surface area contributed by atoms with Crippen molar-refractivity contribution in [3.8, 4) is 0 Å². The van der Waals surface area contributed by atoms with Crippen LogP contribution in [0.15, 0.2) is 24.4 Å². The first-order chi connectivity index (χ1) is 8.09. The number of rotatable bonds is 4. The summed E-state index contributed by atoms with van der Waals surface area (Å²) < 4.78 is 0. The van der Waals surface area contributed by atoms with Crippen molar-refractivity contribution in [2.75, 3.05) is 0 Å². The maximum Gasteiger partial charge on any atom is 0.222 e. The average molecular weight is 233 g/mol. The van der Waals surface area contributed by atoms with Gasteiger partial charge in [0.05, 0.1) is 11.7 Å². The molecule has 1 saturated carbocycles. The van der Waals surface area contributed by atoms with Crippen LogP contribution in [0.5, 0.6) is 0 Å². The molecule has 4 heteroatoms. The normalized spacial score (nSPS) is 19.2. The van der Waals surface area contributed by atoms with Crippen molar-refractivity contribution in [1.29, 1.82) is 0 Å². The molecule has 1 aliphatic rings. The molecule has 4 nitrogen and oxygen atoms in total. The van der Waals surface area contributed by atoms with Gasteiger partial charge in [-0.1, -0.05) is 6.07 Å². The second kappa shape index (κ2) is 4.84. The number of amides is 1. The fraction of sp³-hybridized carbons (Fsp3) is 0.538. The third kappa shape index (κ3) is 3.03. The summed E-state index contributed by atoms with van der Waals surface area (Å²) in [4.78, 5) is 16.0.